The molecule has 1 aliphatic rings. The second kappa shape index (κ2) is 7.69. The molecule has 1 saturated heterocycles. The Kier molecular flexibility index (Phi) is 4.94. The molecule has 2 aromatic carbocycles. The van der Waals surface area contributed by atoms with Gasteiger partial charge in [-0.25, -0.2) is 0 Å². The third kappa shape index (κ3) is 3.29. The van der Waals surface area contributed by atoms with Crippen LogP contribution in [0.5, 0.6) is 5.75 Å². The number of pyridine rings is 1. The van der Waals surface area contributed by atoms with Crippen LogP contribution in [0, 0.1) is 17.2 Å². The number of carbonyl (C=O) groups excluding carboxylic acids is 1. The summed E-state index contributed by atoms with van der Waals surface area (Å²) in [4.78, 5) is 19.5. The maximum absolute atomic E-state index is 12.9. The Labute approximate surface area is 164 Å². The van der Waals surface area contributed by atoms with Crippen LogP contribution in [0.3, 0.4) is 0 Å². The fraction of sp³-hybridized carbons (Fsp3) is 0.261. The molecule has 2 heterocycles. The Bertz CT molecular complexity index is 1050. The van der Waals surface area contributed by atoms with Crippen molar-refractivity contribution < 1.29 is 9.53 Å². The Morgan fingerprint density at radius 3 is 2.54 bits per heavy atom. The second-order valence-electron chi connectivity index (χ2n) is 7.00. The van der Waals surface area contributed by atoms with Crippen molar-refractivity contribution >= 4 is 22.4 Å². The molecule has 28 heavy (non-hydrogen) atoms. The molecule has 5 nitrogen and oxygen atoms in total. The summed E-state index contributed by atoms with van der Waals surface area (Å²) in [6, 6.07) is 17.5. The standard InChI is InChI=1S/C23H21N3O2/c1-28-19-8-6-16(7-9-19)23(27)17-10-12-26(13-11-17)22-18(14-24)15-25-21-5-3-2-4-20(21)22/h2-9,15,17H,10-13H2,1H3. The molecule has 0 unspecified atom stereocenters. The molecule has 0 bridgehead atoms. The lowest BCUT2D eigenvalue weighted by atomic mass is 9.88. The molecule has 1 aromatic heterocycles. The number of hydrogen-bond donors (Lipinski definition) is 0. The summed E-state index contributed by atoms with van der Waals surface area (Å²) in [6.45, 7) is 1.49. The molecule has 0 N–H and O–H groups in total. The van der Waals surface area contributed by atoms with Crippen LogP contribution in [0.2, 0.25) is 0 Å². The number of carbonyl (C=O) groups is 1. The highest BCUT2D eigenvalue weighted by molar-refractivity contribution is 5.98. The summed E-state index contributed by atoms with van der Waals surface area (Å²) < 4.78 is 5.16. The quantitative estimate of drug-likeness (QED) is 0.643. The van der Waals surface area contributed by atoms with Gasteiger partial charge in [0, 0.05) is 36.2 Å². The molecule has 3 aromatic rings. The number of hydrogen-bond acceptors (Lipinski definition) is 5. The summed E-state index contributed by atoms with van der Waals surface area (Å²) in [5.41, 5.74) is 3.13. The van der Waals surface area contributed by atoms with Crippen molar-refractivity contribution in [2.45, 2.75) is 12.8 Å². The number of methoxy groups -OCH3 is 1. The van der Waals surface area contributed by atoms with Crippen molar-refractivity contribution in [2.75, 3.05) is 25.1 Å². The average Bonchev–Trinajstić information content (AvgIpc) is 2.78. The second-order valence-corrected chi connectivity index (χ2v) is 7.00. The number of ketones is 1. The Hall–Kier alpha value is -3.39. The number of aromatic nitrogens is 1. The predicted octanol–water partition coefficient (Wildman–Crippen LogP) is 4.21. The van der Waals surface area contributed by atoms with Gasteiger partial charge in [-0.2, -0.15) is 5.26 Å². The molecule has 4 rings (SSSR count). The van der Waals surface area contributed by atoms with Crippen LogP contribution >= 0.6 is 0 Å². The highest BCUT2D eigenvalue weighted by Gasteiger charge is 2.27. The summed E-state index contributed by atoms with van der Waals surface area (Å²) in [7, 11) is 1.62. The minimum atomic E-state index is 0.00304. The van der Waals surface area contributed by atoms with E-state index in [1.165, 1.54) is 0 Å². The lowest BCUT2D eigenvalue weighted by molar-refractivity contribution is 0.0900. The summed E-state index contributed by atoms with van der Waals surface area (Å²) >= 11 is 0. The highest BCUT2D eigenvalue weighted by Crippen LogP contribution is 2.33. The number of fused-ring (bicyclic) bond motifs is 1. The number of rotatable bonds is 4. The highest BCUT2D eigenvalue weighted by atomic mass is 16.5. The van der Waals surface area contributed by atoms with Gasteiger partial charge in [-0.15, -0.1) is 0 Å². The fourth-order valence-corrected chi connectivity index (χ4v) is 3.91. The maximum Gasteiger partial charge on any atom is 0.166 e. The first-order chi connectivity index (χ1) is 13.7. The molecule has 0 spiro atoms. The van der Waals surface area contributed by atoms with Gasteiger partial charge in [-0.1, -0.05) is 18.2 Å². The van der Waals surface area contributed by atoms with Gasteiger partial charge >= 0.3 is 0 Å². The van der Waals surface area contributed by atoms with Crippen LogP contribution in [0.1, 0.15) is 28.8 Å². The molecule has 0 saturated carbocycles. The van der Waals surface area contributed by atoms with E-state index in [-0.39, 0.29) is 11.7 Å². The molecule has 0 radical (unpaired) electrons. The van der Waals surface area contributed by atoms with Crippen molar-refractivity contribution in [3.63, 3.8) is 0 Å². The van der Waals surface area contributed by atoms with Crippen LogP contribution in [-0.2, 0) is 0 Å². The number of para-hydroxylation sites is 1. The molecule has 1 fully saturated rings. The van der Waals surface area contributed by atoms with E-state index in [4.69, 9.17) is 4.74 Å². The molecule has 0 atom stereocenters. The van der Waals surface area contributed by atoms with Crippen LogP contribution in [0.25, 0.3) is 10.9 Å². The Morgan fingerprint density at radius 2 is 1.86 bits per heavy atom. The first-order valence-electron chi connectivity index (χ1n) is 9.42. The number of anilines is 1. The van der Waals surface area contributed by atoms with Crippen molar-refractivity contribution in [3.8, 4) is 11.8 Å². The summed E-state index contributed by atoms with van der Waals surface area (Å²) in [5, 5.41) is 10.5. The van der Waals surface area contributed by atoms with E-state index in [1.54, 1.807) is 13.3 Å². The van der Waals surface area contributed by atoms with Crippen molar-refractivity contribution in [3.05, 3.63) is 65.9 Å². The van der Waals surface area contributed by atoms with Gasteiger partial charge in [-0.05, 0) is 43.2 Å². The molecular formula is C23H21N3O2. The lowest BCUT2D eigenvalue weighted by Crippen LogP contribution is -2.37. The molecule has 140 valence electrons. The van der Waals surface area contributed by atoms with E-state index in [2.05, 4.69) is 16.0 Å². The third-order valence-corrected chi connectivity index (χ3v) is 5.42. The zero-order valence-corrected chi connectivity index (χ0v) is 15.8. The molecule has 1 aliphatic heterocycles. The Morgan fingerprint density at radius 1 is 1.14 bits per heavy atom. The number of Topliss-reactive ketones (excluding diaryl/α,β-unsaturated/α-hetero) is 1. The third-order valence-electron chi connectivity index (χ3n) is 5.42. The summed E-state index contributed by atoms with van der Waals surface area (Å²) in [5.74, 6) is 0.936. The van der Waals surface area contributed by atoms with Gasteiger partial charge < -0.3 is 9.64 Å². The van der Waals surface area contributed by atoms with Crippen LogP contribution < -0.4 is 9.64 Å². The van der Waals surface area contributed by atoms with Gasteiger partial charge in [-0.3, -0.25) is 9.78 Å². The van der Waals surface area contributed by atoms with Crippen molar-refractivity contribution in [2.24, 2.45) is 5.92 Å². The number of nitrogens with zero attached hydrogens (tertiary/aromatic N) is 3. The zero-order valence-electron chi connectivity index (χ0n) is 15.8. The topological polar surface area (TPSA) is 66.2 Å². The maximum atomic E-state index is 12.9. The van der Waals surface area contributed by atoms with Gasteiger partial charge in [0.15, 0.2) is 5.78 Å². The number of piperidine rings is 1. The molecule has 0 amide bonds. The molecular weight excluding hydrogens is 350 g/mol. The van der Waals surface area contributed by atoms with Gasteiger partial charge in [0.05, 0.1) is 23.9 Å². The van der Waals surface area contributed by atoms with Gasteiger partial charge in [0.1, 0.15) is 11.8 Å². The SMILES string of the molecule is COc1ccc(C(=O)C2CCN(c3c(C#N)cnc4ccccc34)CC2)cc1. The number of ether oxygens (including phenoxy) is 1. The van der Waals surface area contributed by atoms with Crippen molar-refractivity contribution in [1.82, 2.24) is 4.98 Å². The van der Waals surface area contributed by atoms with Gasteiger partial charge in [0.2, 0.25) is 0 Å². The number of benzene rings is 2. The van der Waals surface area contributed by atoms with Crippen LogP contribution in [0.15, 0.2) is 54.7 Å². The first-order valence-corrected chi connectivity index (χ1v) is 9.42. The average molecular weight is 371 g/mol. The van der Waals surface area contributed by atoms with Crippen molar-refractivity contribution in [1.29, 1.82) is 5.26 Å². The van der Waals surface area contributed by atoms with E-state index in [1.807, 2.05) is 48.5 Å². The van der Waals surface area contributed by atoms with Crippen LogP contribution in [0.4, 0.5) is 5.69 Å². The first kappa shape index (κ1) is 18.0. The minimum Gasteiger partial charge on any atom is -0.497 e. The van der Waals surface area contributed by atoms with E-state index >= 15 is 0 Å². The zero-order chi connectivity index (χ0) is 19.5. The van der Waals surface area contributed by atoms with E-state index in [0.29, 0.717) is 5.56 Å². The lowest BCUT2D eigenvalue weighted by Gasteiger charge is -2.34. The monoisotopic (exact) mass is 371 g/mol. The predicted molar refractivity (Wildman–Crippen MR) is 109 cm³/mol. The normalized spacial score (nSPS) is 14.6. The molecule has 0 aliphatic carbocycles. The van der Waals surface area contributed by atoms with E-state index < -0.39 is 0 Å². The minimum absolute atomic E-state index is 0.00304. The van der Waals surface area contributed by atoms with E-state index in [0.717, 1.165) is 53.8 Å². The van der Waals surface area contributed by atoms with Gasteiger partial charge in [0.25, 0.3) is 0 Å². The smallest absolute Gasteiger partial charge is 0.166 e. The summed E-state index contributed by atoms with van der Waals surface area (Å²) in [6.07, 6.45) is 3.19. The fourth-order valence-electron chi connectivity index (χ4n) is 3.91. The Balaban J connectivity index is 1.54. The van der Waals surface area contributed by atoms with E-state index in [9.17, 15) is 10.1 Å². The van der Waals surface area contributed by atoms with Crippen LogP contribution in [-0.4, -0.2) is 31.0 Å². The largest absolute Gasteiger partial charge is 0.497 e. The number of nitriles is 1. The molecule has 5 heteroatoms.